The predicted octanol–water partition coefficient (Wildman–Crippen LogP) is 3.41. The van der Waals surface area contributed by atoms with Crippen LogP contribution in [0.25, 0.3) is 6.08 Å². The normalized spacial score (nSPS) is 12.2. The van der Waals surface area contributed by atoms with Crippen LogP contribution in [0.5, 0.6) is 0 Å². The lowest BCUT2D eigenvalue weighted by molar-refractivity contribution is -0.148. The molecule has 26 heavy (non-hydrogen) atoms. The molecule has 0 unspecified atom stereocenters. The highest BCUT2D eigenvalue weighted by Crippen LogP contribution is 2.19. The van der Waals surface area contributed by atoms with Gasteiger partial charge in [-0.3, -0.25) is 9.48 Å². The molecule has 1 aromatic carbocycles. The Morgan fingerprint density at radius 2 is 2.08 bits per heavy atom. The molecule has 0 aliphatic rings. The number of hydrogen-bond acceptors (Lipinski definition) is 4. The average Bonchev–Trinajstić information content (AvgIpc) is 2.82. The zero-order valence-corrected chi connectivity index (χ0v) is 15.6. The van der Waals surface area contributed by atoms with Gasteiger partial charge in [0.1, 0.15) is 5.82 Å². The summed E-state index contributed by atoms with van der Waals surface area (Å²) in [6, 6.07) is 4.04. The third kappa shape index (κ3) is 4.70. The van der Waals surface area contributed by atoms with Crippen LogP contribution in [0.1, 0.15) is 23.9 Å². The number of anilines is 1. The van der Waals surface area contributed by atoms with Crippen LogP contribution in [-0.2, 0) is 21.4 Å². The third-order valence-corrected chi connectivity index (χ3v) is 4.06. The summed E-state index contributed by atoms with van der Waals surface area (Å²) in [6.45, 7) is 5.07. The Balaban J connectivity index is 1.96. The first-order chi connectivity index (χ1) is 12.2. The topological polar surface area (TPSA) is 73.2 Å². The van der Waals surface area contributed by atoms with E-state index in [1.807, 2.05) is 6.92 Å². The van der Waals surface area contributed by atoms with Gasteiger partial charge in [0.25, 0.3) is 5.91 Å². The first-order valence-corrected chi connectivity index (χ1v) is 8.21. The van der Waals surface area contributed by atoms with Crippen molar-refractivity contribution in [2.45, 2.75) is 26.9 Å². The first-order valence-electron chi connectivity index (χ1n) is 7.84. The number of nitrogens with one attached hydrogen (secondary N) is 1. The predicted molar refractivity (Wildman–Crippen MR) is 97.3 cm³/mol. The number of benzene rings is 1. The maximum atomic E-state index is 13.1. The minimum absolute atomic E-state index is 0.0459. The zero-order chi connectivity index (χ0) is 19.4. The van der Waals surface area contributed by atoms with Crippen molar-refractivity contribution < 1.29 is 18.7 Å². The molecule has 2 aromatic rings. The lowest BCUT2D eigenvalue weighted by Gasteiger charge is -2.12. The van der Waals surface area contributed by atoms with Gasteiger partial charge in [-0.1, -0.05) is 17.7 Å². The van der Waals surface area contributed by atoms with Gasteiger partial charge in [0, 0.05) is 13.1 Å². The van der Waals surface area contributed by atoms with Crippen molar-refractivity contribution in [3.05, 3.63) is 52.1 Å². The monoisotopic (exact) mass is 379 g/mol. The Morgan fingerprint density at radius 3 is 2.65 bits per heavy atom. The number of halogens is 2. The molecule has 1 aromatic heterocycles. The second-order valence-corrected chi connectivity index (χ2v) is 6.15. The Bertz CT molecular complexity index is 877. The van der Waals surface area contributed by atoms with Gasteiger partial charge in [0.05, 0.1) is 22.1 Å². The molecule has 8 heteroatoms. The third-order valence-electron chi connectivity index (χ3n) is 3.77. The molecule has 0 radical (unpaired) electrons. The number of rotatable bonds is 5. The van der Waals surface area contributed by atoms with Gasteiger partial charge in [-0.2, -0.15) is 5.10 Å². The lowest BCUT2D eigenvalue weighted by atomic mass is 10.2. The fraction of sp³-hybridized carbons (Fsp3) is 0.278. The summed E-state index contributed by atoms with van der Waals surface area (Å²) in [7, 11) is 1.77. The van der Waals surface area contributed by atoms with E-state index in [1.165, 1.54) is 31.2 Å². The quantitative estimate of drug-likeness (QED) is 0.638. The van der Waals surface area contributed by atoms with Crippen molar-refractivity contribution in [3.8, 4) is 0 Å². The standard InChI is InChI=1S/C18H19ClFN3O3/c1-10-17(11(2)23(4)22-10)21-18(25)12(3)26-16(24)8-6-13-5-7-15(20)14(19)9-13/h5-9,12H,1-4H3,(H,21,25)/b8-6+/t12-/m1/s1. The van der Waals surface area contributed by atoms with E-state index in [-0.39, 0.29) is 5.02 Å². The summed E-state index contributed by atoms with van der Waals surface area (Å²) in [5.74, 6) is -1.71. The summed E-state index contributed by atoms with van der Waals surface area (Å²) >= 11 is 5.67. The number of aryl methyl sites for hydroxylation is 2. The fourth-order valence-corrected chi connectivity index (χ4v) is 2.42. The number of aromatic nitrogens is 2. The van der Waals surface area contributed by atoms with E-state index in [1.54, 1.807) is 18.7 Å². The molecule has 138 valence electrons. The van der Waals surface area contributed by atoms with Gasteiger partial charge >= 0.3 is 5.97 Å². The number of nitrogens with zero attached hydrogens (tertiary/aromatic N) is 2. The Labute approximate surface area is 155 Å². The lowest BCUT2D eigenvalue weighted by Crippen LogP contribution is -2.29. The molecule has 0 spiro atoms. The average molecular weight is 380 g/mol. The Kier molecular flexibility index (Phi) is 6.15. The van der Waals surface area contributed by atoms with Crippen LogP contribution < -0.4 is 5.32 Å². The molecule has 0 saturated heterocycles. The van der Waals surface area contributed by atoms with Crippen molar-refractivity contribution in [2.75, 3.05) is 5.32 Å². The number of amides is 1. The van der Waals surface area contributed by atoms with Crippen LogP contribution in [0.3, 0.4) is 0 Å². The van der Waals surface area contributed by atoms with Gasteiger partial charge in [-0.25, -0.2) is 9.18 Å². The number of esters is 1. The van der Waals surface area contributed by atoms with Crippen LogP contribution in [0.2, 0.25) is 5.02 Å². The molecule has 0 aliphatic carbocycles. The molecule has 1 heterocycles. The fourth-order valence-electron chi connectivity index (χ4n) is 2.23. The van der Waals surface area contributed by atoms with Crippen LogP contribution in [-0.4, -0.2) is 27.8 Å². The van der Waals surface area contributed by atoms with Gasteiger partial charge in [0.15, 0.2) is 6.10 Å². The number of ether oxygens (including phenoxy) is 1. The summed E-state index contributed by atoms with van der Waals surface area (Å²) in [5, 5.41) is 6.87. The highest BCUT2D eigenvalue weighted by molar-refractivity contribution is 6.30. The molecule has 0 saturated carbocycles. The molecule has 1 N–H and O–H groups in total. The Morgan fingerprint density at radius 1 is 1.38 bits per heavy atom. The second kappa shape index (κ2) is 8.14. The second-order valence-electron chi connectivity index (χ2n) is 5.74. The van der Waals surface area contributed by atoms with E-state index in [2.05, 4.69) is 10.4 Å². The molecular formula is C18H19ClFN3O3. The molecule has 2 rings (SSSR count). The van der Waals surface area contributed by atoms with Crippen molar-refractivity contribution in [1.29, 1.82) is 0 Å². The number of hydrogen-bond donors (Lipinski definition) is 1. The van der Waals surface area contributed by atoms with E-state index in [4.69, 9.17) is 16.3 Å². The maximum absolute atomic E-state index is 13.1. The summed E-state index contributed by atoms with van der Waals surface area (Å²) < 4.78 is 19.8. The van der Waals surface area contributed by atoms with Gasteiger partial charge in [-0.15, -0.1) is 0 Å². The van der Waals surface area contributed by atoms with Crippen LogP contribution in [0.4, 0.5) is 10.1 Å². The molecule has 1 amide bonds. The number of carbonyl (C=O) groups is 2. The zero-order valence-electron chi connectivity index (χ0n) is 14.8. The minimum Gasteiger partial charge on any atom is -0.449 e. The molecule has 0 bridgehead atoms. The first kappa shape index (κ1) is 19.7. The summed E-state index contributed by atoms with van der Waals surface area (Å²) in [4.78, 5) is 24.1. The van der Waals surface area contributed by atoms with Crippen molar-refractivity contribution >= 4 is 35.2 Å². The van der Waals surface area contributed by atoms with E-state index in [0.717, 1.165) is 11.8 Å². The van der Waals surface area contributed by atoms with E-state index in [9.17, 15) is 14.0 Å². The molecule has 0 aliphatic heterocycles. The van der Waals surface area contributed by atoms with Crippen molar-refractivity contribution in [3.63, 3.8) is 0 Å². The van der Waals surface area contributed by atoms with Crippen LogP contribution in [0, 0.1) is 19.7 Å². The molecular weight excluding hydrogens is 361 g/mol. The highest BCUT2D eigenvalue weighted by Gasteiger charge is 2.20. The van der Waals surface area contributed by atoms with Crippen molar-refractivity contribution in [2.24, 2.45) is 7.05 Å². The number of carbonyl (C=O) groups excluding carboxylic acids is 2. The van der Waals surface area contributed by atoms with E-state index in [0.29, 0.717) is 16.9 Å². The highest BCUT2D eigenvalue weighted by atomic mass is 35.5. The molecule has 1 atom stereocenters. The van der Waals surface area contributed by atoms with Gasteiger partial charge in [0.2, 0.25) is 0 Å². The SMILES string of the molecule is Cc1nn(C)c(C)c1NC(=O)[C@@H](C)OC(=O)/C=C/c1ccc(F)c(Cl)c1. The summed E-state index contributed by atoms with van der Waals surface area (Å²) in [5.41, 5.74) is 2.59. The van der Waals surface area contributed by atoms with Crippen LogP contribution in [0.15, 0.2) is 24.3 Å². The van der Waals surface area contributed by atoms with E-state index >= 15 is 0 Å². The van der Waals surface area contributed by atoms with Gasteiger partial charge < -0.3 is 10.1 Å². The van der Waals surface area contributed by atoms with Gasteiger partial charge in [-0.05, 0) is 44.5 Å². The van der Waals surface area contributed by atoms with Crippen LogP contribution >= 0.6 is 11.6 Å². The smallest absolute Gasteiger partial charge is 0.331 e. The molecule has 6 nitrogen and oxygen atoms in total. The largest absolute Gasteiger partial charge is 0.449 e. The Hall–Kier alpha value is -2.67. The van der Waals surface area contributed by atoms with Crippen molar-refractivity contribution in [1.82, 2.24) is 9.78 Å². The maximum Gasteiger partial charge on any atom is 0.331 e. The summed E-state index contributed by atoms with van der Waals surface area (Å²) in [6.07, 6.45) is 1.57. The molecule has 0 fully saturated rings. The van der Waals surface area contributed by atoms with E-state index < -0.39 is 23.8 Å². The minimum atomic E-state index is -0.997.